The van der Waals surface area contributed by atoms with Gasteiger partial charge in [-0.3, -0.25) is 14.5 Å². The second-order valence-electron chi connectivity index (χ2n) is 5.19. The number of aromatic amines is 1. The van der Waals surface area contributed by atoms with Gasteiger partial charge in [0, 0.05) is 24.8 Å². The van der Waals surface area contributed by atoms with Gasteiger partial charge in [-0.15, -0.1) is 0 Å². The molecule has 1 saturated heterocycles. The number of likely N-dealkylation sites (tertiary alicyclic amines) is 1. The van der Waals surface area contributed by atoms with Gasteiger partial charge in [-0.05, 0) is 26.0 Å². The number of piperidine rings is 1. The summed E-state index contributed by atoms with van der Waals surface area (Å²) in [5, 5.41) is 2.69. The molecule has 21 heavy (non-hydrogen) atoms. The number of amides is 1. The smallest absolute Gasteiger partial charge is 0.348 e. The molecule has 0 bridgehead atoms. The number of hydrogen-bond donors (Lipinski definition) is 2. The number of aromatic nitrogens is 1. The lowest BCUT2D eigenvalue weighted by atomic mass is 9.98. The van der Waals surface area contributed by atoms with Crippen LogP contribution in [-0.2, 0) is 0 Å². The lowest BCUT2D eigenvalue weighted by Gasteiger charge is -2.38. The maximum Gasteiger partial charge on any atom is 0.404 e. The zero-order valence-electron chi connectivity index (χ0n) is 11.4. The van der Waals surface area contributed by atoms with Crippen molar-refractivity contribution in [3.63, 3.8) is 0 Å². The van der Waals surface area contributed by atoms with E-state index in [2.05, 4.69) is 10.3 Å². The molecule has 1 aliphatic rings. The average molecular weight is 303 g/mol. The highest BCUT2D eigenvalue weighted by Gasteiger charge is 2.44. The van der Waals surface area contributed by atoms with Crippen LogP contribution in [0.5, 0.6) is 0 Å². The van der Waals surface area contributed by atoms with E-state index in [9.17, 15) is 22.8 Å². The van der Waals surface area contributed by atoms with E-state index in [1.165, 1.54) is 30.3 Å². The zero-order valence-corrected chi connectivity index (χ0v) is 11.4. The van der Waals surface area contributed by atoms with Gasteiger partial charge in [-0.25, -0.2) is 0 Å². The molecule has 5 nitrogen and oxygen atoms in total. The minimum Gasteiger partial charge on any atom is -0.348 e. The number of nitrogens with one attached hydrogen (secondary N) is 2. The molecule has 0 aromatic carbocycles. The van der Waals surface area contributed by atoms with Gasteiger partial charge in [0.1, 0.15) is 6.04 Å². The van der Waals surface area contributed by atoms with Gasteiger partial charge in [0.05, 0.1) is 5.56 Å². The Balaban J connectivity index is 1.95. The second kappa shape index (κ2) is 5.88. The number of pyridine rings is 1. The van der Waals surface area contributed by atoms with Gasteiger partial charge in [-0.1, -0.05) is 0 Å². The molecule has 1 amide bonds. The van der Waals surface area contributed by atoms with Crippen LogP contribution in [0, 0.1) is 0 Å². The molecule has 0 aliphatic carbocycles. The van der Waals surface area contributed by atoms with Crippen LogP contribution < -0.4 is 10.9 Å². The van der Waals surface area contributed by atoms with Crippen LogP contribution in [0.25, 0.3) is 0 Å². The summed E-state index contributed by atoms with van der Waals surface area (Å²) in [6.45, 7) is 0.138. The molecule has 1 aromatic heterocycles. The first-order valence-corrected chi connectivity index (χ1v) is 6.54. The highest BCUT2D eigenvalue weighted by Crippen LogP contribution is 2.30. The van der Waals surface area contributed by atoms with Crippen LogP contribution in [0.3, 0.4) is 0 Å². The van der Waals surface area contributed by atoms with Gasteiger partial charge >= 0.3 is 6.18 Å². The lowest BCUT2D eigenvalue weighted by molar-refractivity contribution is -0.188. The maximum atomic E-state index is 12.7. The van der Waals surface area contributed by atoms with Crippen molar-refractivity contribution in [1.82, 2.24) is 15.2 Å². The fourth-order valence-electron chi connectivity index (χ4n) is 2.50. The summed E-state index contributed by atoms with van der Waals surface area (Å²) >= 11 is 0. The van der Waals surface area contributed by atoms with Crippen LogP contribution in [0.1, 0.15) is 23.2 Å². The summed E-state index contributed by atoms with van der Waals surface area (Å²) in [7, 11) is 1.40. The standard InChI is InChI=1S/C13H16F3N3O2/c1-19-7-9(3-4-10(19)13(14,15)16)18-12(21)8-2-5-11(20)17-6-8/h2,5-6,9-10H,3-4,7H2,1H3,(H,17,20)(H,18,21)/t9-,10+/m1/s1. The van der Waals surface area contributed by atoms with Gasteiger partial charge in [0.2, 0.25) is 5.56 Å². The van der Waals surface area contributed by atoms with E-state index in [0.717, 1.165) is 0 Å². The molecule has 2 rings (SSSR count). The van der Waals surface area contributed by atoms with Crippen LogP contribution in [0.4, 0.5) is 13.2 Å². The molecular weight excluding hydrogens is 287 g/mol. The van der Waals surface area contributed by atoms with E-state index in [1.807, 2.05) is 0 Å². The monoisotopic (exact) mass is 303 g/mol. The molecule has 1 fully saturated rings. The number of carbonyl (C=O) groups excluding carboxylic acids is 1. The summed E-state index contributed by atoms with van der Waals surface area (Å²) in [4.78, 5) is 26.4. The van der Waals surface area contributed by atoms with Crippen molar-refractivity contribution in [2.75, 3.05) is 13.6 Å². The number of nitrogens with zero attached hydrogens (tertiary/aromatic N) is 1. The Bertz CT molecular complexity index is 550. The number of likely N-dealkylation sites (N-methyl/N-ethyl adjacent to an activating group) is 1. The Morgan fingerprint density at radius 1 is 1.38 bits per heavy atom. The number of hydrogen-bond acceptors (Lipinski definition) is 3. The molecule has 0 unspecified atom stereocenters. The summed E-state index contributed by atoms with van der Waals surface area (Å²) in [6.07, 6.45) is -2.74. The summed E-state index contributed by atoms with van der Waals surface area (Å²) in [6, 6.07) is 0.799. The number of halogens is 3. The van der Waals surface area contributed by atoms with E-state index in [0.29, 0.717) is 0 Å². The lowest BCUT2D eigenvalue weighted by Crippen LogP contribution is -2.54. The minimum atomic E-state index is -4.25. The van der Waals surface area contributed by atoms with E-state index in [-0.39, 0.29) is 36.6 Å². The van der Waals surface area contributed by atoms with Gasteiger partial charge in [0.15, 0.2) is 0 Å². The molecule has 0 saturated carbocycles. The molecule has 1 aromatic rings. The number of carbonyl (C=O) groups is 1. The Kier molecular flexibility index (Phi) is 4.36. The van der Waals surface area contributed by atoms with Gasteiger partial charge in [0.25, 0.3) is 5.91 Å². The molecule has 0 spiro atoms. The average Bonchev–Trinajstić information content (AvgIpc) is 2.37. The third-order valence-corrected chi connectivity index (χ3v) is 3.59. The van der Waals surface area contributed by atoms with E-state index in [1.54, 1.807) is 0 Å². The molecule has 2 N–H and O–H groups in total. The molecular formula is C13H16F3N3O2. The number of rotatable bonds is 2. The Morgan fingerprint density at radius 3 is 2.62 bits per heavy atom. The minimum absolute atomic E-state index is 0.0451. The second-order valence-corrected chi connectivity index (χ2v) is 5.19. The summed E-state index contributed by atoms with van der Waals surface area (Å²) in [5.41, 5.74) is -0.0489. The van der Waals surface area contributed by atoms with Crippen LogP contribution >= 0.6 is 0 Å². The van der Waals surface area contributed by atoms with Crippen molar-refractivity contribution in [3.8, 4) is 0 Å². The van der Waals surface area contributed by atoms with Crippen molar-refractivity contribution in [1.29, 1.82) is 0 Å². The van der Waals surface area contributed by atoms with Crippen molar-refractivity contribution < 1.29 is 18.0 Å². The quantitative estimate of drug-likeness (QED) is 0.861. The van der Waals surface area contributed by atoms with Crippen molar-refractivity contribution >= 4 is 5.91 Å². The third kappa shape index (κ3) is 3.84. The third-order valence-electron chi connectivity index (χ3n) is 3.59. The first-order valence-electron chi connectivity index (χ1n) is 6.54. The topological polar surface area (TPSA) is 65.2 Å². The molecule has 0 radical (unpaired) electrons. The number of alkyl halides is 3. The maximum absolute atomic E-state index is 12.7. The molecule has 2 atom stereocenters. The zero-order chi connectivity index (χ0) is 15.6. The molecule has 116 valence electrons. The van der Waals surface area contributed by atoms with E-state index < -0.39 is 18.1 Å². The van der Waals surface area contributed by atoms with Crippen molar-refractivity contribution in [2.24, 2.45) is 0 Å². The first kappa shape index (κ1) is 15.6. The normalized spacial score (nSPS) is 23.8. The fourth-order valence-corrected chi connectivity index (χ4v) is 2.50. The summed E-state index contributed by atoms with van der Waals surface area (Å²) in [5.74, 6) is -0.407. The first-order chi connectivity index (χ1) is 9.77. The van der Waals surface area contributed by atoms with Crippen molar-refractivity contribution in [3.05, 3.63) is 34.2 Å². The highest BCUT2D eigenvalue weighted by atomic mass is 19.4. The Labute approximate surface area is 119 Å². The van der Waals surface area contributed by atoms with E-state index in [4.69, 9.17) is 0 Å². The summed E-state index contributed by atoms with van der Waals surface area (Å²) < 4.78 is 38.2. The molecule has 1 aliphatic heterocycles. The molecule has 8 heteroatoms. The highest BCUT2D eigenvalue weighted by molar-refractivity contribution is 5.94. The van der Waals surface area contributed by atoms with Crippen LogP contribution in [0.2, 0.25) is 0 Å². The van der Waals surface area contributed by atoms with Crippen LogP contribution in [-0.4, -0.2) is 47.6 Å². The van der Waals surface area contributed by atoms with E-state index >= 15 is 0 Å². The SMILES string of the molecule is CN1C[C@H](NC(=O)c2ccc(=O)[nH]c2)CC[C@H]1C(F)(F)F. The van der Waals surface area contributed by atoms with Crippen LogP contribution in [0.15, 0.2) is 23.1 Å². The van der Waals surface area contributed by atoms with Gasteiger partial charge in [-0.2, -0.15) is 13.2 Å². The fraction of sp³-hybridized carbons (Fsp3) is 0.538. The predicted octanol–water partition coefficient (Wildman–Crippen LogP) is 1.13. The van der Waals surface area contributed by atoms with Crippen molar-refractivity contribution in [2.45, 2.75) is 31.1 Å². The number of H-pyrrole nitrogens is 1. The molecule has 2 heterocycles. The Hall–Kier alpha value is -1.83. The predicted molar refractivity (Wildman–Crippen MR) is 70.0 cm³/mol. The van der Waals surface area contributed by atoms with Gasteiger partial charge < -0.3 is 10.3 Å². The largest absolute Gasteiger partial charge is 0.404 e. The Morgan fingerprint density at radius 2 is 2.10 bits per heavy atom.